The maximum atomic E-state index is 14.0. The minimum Gasteiger partial charge on any atom is -0.494 e. The van der Waals surface area contributed by atoms with E-state index < -0.39 is 0 Å². The van der Waals surface area contributed by atoms with E-state index in [-0.39, 0.29) is 23.7 Å². The molecular weight excluding hydrogens is 403 g/mol. The predicted octanol–water partition coefficient (Wildman–Crippen LogP) is 3.46. The molecule has 30 heavy (non-hydrogen) atoms. The number of methoxy groups -OCH3 is 1. The molecule has 2 atom stereocenters. The molecule has 0 amide bonds. The molecule has 3 aliphatic rings. The molecule has 0 saturated carbocycles. The van der Waals surface area contributed by atoms with E-state index in [4.69, 9.17) is 14.7 Å². The van der Waals surface area contributed by atoms with E-state index in [1.165, 1.54) is 13.2 Å². The molecule has 5 rings (SSSR count). The Bertz CT molecular complexity index is 993. The highest BCUT2D eigenvalue weighted by Gasteiger charge is 2.40. The Morgan fingerprint density at radius 2 is 2.13 bits per heavy atom. The maximum Gasteiger partial charge on any atom is 0.223 e. The quantitative estimate of drug-likeness (QED) is 0.758. The molecule has 0 radical (unpaired) electrons. The summed E-state index contributed by atoms with van der Waals surface area (Å²) >= 11 is 1.58. The van der Waals surface area contributed by atoms with Crippen LogP contribution in [0.3, 0.4) is 0 Å². The number of ether oxygens (including phenoxy) is 1. The van der Waals surface area contributed by atoms with E-state index in [1.54, 1.807) is 30.1 Å². The van der Waals surface area contributed by atoms with Crippen molar-refractivity contribution in [2.45, 2.75) is 31.0 Å². The van der Waals surface area contributed by atoms with Gasteiger partial charge in [-0.1, -0.05) is 17.8 Å². The van der Waals surface area contributed by atoms with E-state index in [9.17, 15) is 4.39 Å². The molecule has 0 aliphatic carbocycles. The third-order valence-corrected chi connectivity index (χ3v) is 6.42. The van der Waals surface area contributed by atoms with Crippen molar-refractivity contribution in [3.05, 3.63) is 59.1 Å². The zero-order valence-corrected chi connectivity index (χ0v) is 17.4. The summed E-state index contributed by atoms with van der Waals surface area (Å²) in [7, 11) is 1.47. The third-order valence-electron chi connectivity index (χ3n) is 5.63. The van der Waals surface area contributed by atoms with Gasteiger partial charge in [0.25, 0.3) is 0 Å². The van der Waals surface area contributed by atoms with Crippen molar-refractivity contribution in [3.63, 3.8) is 0 Å². The van der Waals surface area contributed by atoms with E-state index in [1.807, 2.05) is 17.7 Å². The van der Waals surface area contributed by atoms with Gasteiger partial charge in [0, 0.05) is 18.4 Å². The Hall–Kier alpha value is -2.65. The summed E-state index contributed by atoms with van der Waals surface area (Å²) in [6.07, 6.45) is 5.91. The molecular formula is C21H23FN6OS. The lowest BCUT2D eigenvalue weighted by Gasteiger charge is -2.26. The molecule has 2 unspecified atom stereocenters. The molecule has 1 saturated heterocycles. The van der Waals surface area contributed by atoms with Gasteiger partial charge in [-0.15, -0.1) is 0 Å². The number of halogens is 1. The molecule has 9 heteroatoms. The van der Waals surface area contributed by atoms with Crippen LogP contribution in [0.2, 0.25) is 0 Å². The van der Waals surface area contributed by atoms with Gasteiger partial charge in [-0.3, -0.25) is 4.99 Å². The summed E-state index contributed by atoms with van der Waals surface area (Å²) in [5.74, 6) is 0.477. The zero-order valence-electron chi connectivity index (χ0n) is 16.6. The standard InChI is InChI=1S/C21H23FN6OS/c1-29-17-12-13(2-3-15(17)22)18-19(28-10-11-30-21(28)27-18)16-6-9-24-20(26-16)25-14-4-7-23-8-5-14/h2-3,6,9-12,14,18-19,23H,4-5,7-8H2,1H3,(H,24,25,26). The first-order valence-electron chi connectivity index (χ1n) is 10.1. The lowest BCUT2D eigenvalue weighted by Crippen LogP contribution is -2.35. The average molecular weight is 427 g/mol. The van der Waals surface area contributed by atoms with E-state index >= 15 is 0 Å². The van der Waals surface area contributed by atoms with Crippen molar-refractivity contribution in [1.82, 2.24) is 20.2 Å². The fraction of sp³-hybridized carbons (Fsp3) is 0.381. The van der Waals surface area contributed by atoms with Crippen molar-refractivity contribution >= 4 is 22.9 Å². The lowest BCUT2D eigenvalue weighted by molar-refractivity contribution is 0.377. The van der Waals surface area contributed by atoms with Gasteiger partial charge in [0.05, 0.1) is 12.8 Å². The van der Waals surface area contributed by atoms with E-state index in [0.717, 1.165) is 42.4 Å². The molecule has 1 aromatic heterocycles. The van der Waals surface area contributed by atoms with E-state index in [0.29, 0.717) is 12.0 Å². The van der Waals surface area contributed by atoms with Gasteiger partial charge in [0.15, 0.2) is 16.7 Å². The Balaban J connectivity index is 1.46. The van der Waals surface area contributed by atoms with Gasteiger partial charge >= 0.3 is 0 Å². The molecule has 0 bridgehead atoms. The summed E-state index contributed by atoms with van der Waals surface area (Å²) in [6, 6.07) is 6.89. The number of benzene rings is 1. The van der Waals surface area contributed by atoms with Crippen LogP contribution in [-0.4, -0.2) is 46.3 Å². The first-order chi connectivity index (χ1) is 14.7. The second-order valence-electron chi connectivity index (χ2n) is 7.48. The van der Waals surface area contributed by atoms with Crippen LogP contribution in [0.5, 0.6) is 5.75 Å². The van der Waals surface area contributed by atoms with Crippen molar-refractivity contribution in [1.29, 1.82) is 0 Å². The second-order valence-corrected chi connectivity index (χ2v) is 8.35. The highest BCUT2D eigenvalue weighted by Crippen LogP contribution is 2.46. The Kier molecular flexibility index (Phi) is 5.30. The molecule has 1 fully saturated rings. The molecule has 156 valence electrons. The number of aliphatic imine (C=N–C) groups is 1. The number of hydrogen-bond acceptors (Lipinski definition) is 8. The van der Waals surface area contributed by atoms with Crippen LogP contribution in [0.15, 0.2) is 47.1 Å². The summed E-state index contributed by atoms with van der Waals surface area (Å²) in [6.45, 7) is 2.00. The minimum atomic E-state index is -0.381. The maximum absolute atomic E-state index is 14.0. The number of amidine groups is 1. The summed E-state index contributed by atoms with van der Waals surface area (Å²) < 4.78 is 19.2. The fourth-order valence-corrected chi connectivity index (χ4v) is 4.89. The number of rotatable bonds is 5. The van der Waals surface area contributed by atoms with Crippen LogP contribution in [0, 0.1) is 5.82 Å². The SMILES string of the molecule is COc1cc(C2N=C3SC=CN3C2c2ccnc(NC3CCNCC3)n2)ccc1F. The molecule has 0 spiro atoms. The Morgan fingerprint density at radius 1 is 1.27 bits per heavy atom. The number of aromatic nitrogens is 2. The molecule has 4 heterocycles. The first-order valence-corrected chi connectivity index (χ1v) is 10.9. The van der Waals surface area contributed by atoms with Crippen molar-refractivity contribution in [2.75, 3.05) is 25.5 Å². The topological polar surface area (TPSA) is 74.7 Å². The van der Waals surface area contributed by atoms with Crippen LogP contribution in [0.4, 0.5) is 10.3 Å². The Labute approximate surface area is 178 Å². The molecule has 2 aromatic rings. The zero-order chi connectivity index (χ0) is 20.5. The monoisotopic (exact) mass is 426 g/mol. The normalized spacial score (nSPS) is 23.4. The average Bonchev–Trinajstić information content (AvgIpc) is 3.36. The molecule has 2 N–H and O–H groups in total. The Morgan fingerprint density at radius 3 is 2.97 bits per heavy atom. The predicted molar refractivity (Wildman–Crippen MR) is 116 cm³/mol. The van der Waals surface area contributed by atoms with Crippen LogP contribution in [-0.2, 0) is 0 Å². The molecule has 7 nitrogen and oxygen atoms in total. The highest BCUT2D eigenvalue weighted by molar-refractivity contribution is 8.16. The van der Waals surface area contributed by atoms with Crippen LogP contribution < -0.4 is 15.4 Å². The van der Waals surface area contributed by atoms with Crippen LogP contribution in [0.25, 0.3) is 0 Å². The molecule has 3 aliphatic heterocycles. The minimum absolute atomic E-state index is 0.127. The molecule has 1 aromatic carbocycles. The van der Waals surface area contributed by atoms with Gasteiger partial charge in [-0.2, -0.15) is 0 Å². The van der Waals surface area contributed by atoms with Gasteiger partial charge < -0.3 is 20.3 Å². The summed E-state index contributed by atoms with van der Waals surface area (Å²) in [5, 5.41) is 9.78. The van der Waals surface area contributed by atoms with Crippen LogP contribution in [0.1, 0.15) is 36.2 Å². The fourth-order valence-electron chi connectivity index (χ4n) is 4.11. The van der Waals surface area contributed by atoms with Gasteiger partial charge in [0.1, 0.15) is 12.1 Å². The first kappa shape index (κ1) is 19.3. The van der Waals surface area contributed by atoms with Gasteiger partial charge in [0.2, 0.25) is 5.95 Å². The largest absolute Gasteiger partial charge is 0.494 e. The number of nitrogens with one attached hydrogen (secondary N) is 2. The number of piperidine rings is 1. The van der Waals surface area contributed by atoms with Crippen LogP contribution >= 0.6 is 11.8 Å². The number of fused-ring (bicyclic) bond motifs is 1. The number of thioether (sulfide) groups is 1. The van der Waals surface area contributed by atoms with E-state index in [2.05, 4.69) is 20.5 Å². The lowest BCUT2D eigenvalue weighted by atomic mass is 9.97. The number of anilines is 1. The summed E-state index contributed by atoms with van der Waals surface area (Å²) in [4.78, 5) is 16.3. The van der Waals surface area contributed by atoms with Gasteiger partial charge in [-0.25, -0.2) is 14.4 Å². The van der Waals surface area contributed by atoms with Crippen molar-refractivity contribution < 1.29 is 9.13 Å². The van der Waals surface area contributed by atoms with Crippen molar-refractivity contribution in [3.8, 4) is 5.75 Å². The second kappa shape index (κ2) is 8.23. The number of nitrogens with zero attached hydrogens (tertiary/aromatic N) is 4. The van der Waals surface area contributed by atoms with Gasteiger partial charge in [-0.05, 0) is 55.1 Å². The summed E-state index contributed by atoms with van der Waals surface area (Å²) in [5.41, 5.74) is 1.77. The van der Waals surface area contributed by atoms with Crippen molar-refractivity contribution in [2.24, 2.45) is 4.99 Å². The highest BCUT2D eigenvalue weighted by atomic mass is 32.2. The smallest absolute Gasteiger partial charge is 0.223 e. The third kappa shape index (κ3) is 3.63. The number of hydrogen-bond donors (Lipinski definition) is 2.